The molecule has 20 heavy (non-hydrogen) atoms. The lowest BCUT2D eigenvalue weighted by Crippen LogP contribution is -2.39. The van der Waals surface area contributed by atoms with E-state index < -0.39 is 0 Å². The number of rotatable bonds is 3. The first-order valence-electron chi connectivity index (χ1n) is 6.80. The smallest absolute Gasteiger partial charge is 0.261 e. The first-order chi connectivity index (χ1) is 9.61. The van der Waals surface area contributed by atoms with E-state index in [9.17, 15) is 4.79 Å². The van der Waals surface area contributed by atoms with Gasteiger partial charge in [0.1, 0.15) is 5.82 Å². The maximum absolute atomic E-state index is 12.7. The largest absolute Gasteiger partial charge is 0.381 e. The number of halogens is 1. The molecule has 5 heteroatoms. The predicted molar refractivity (Wildman–Crippen MR) is 79.3 cm³/mol. The highest BCUT2D eigenvalue weighted by atomic mass is 35.5. The molecule has 0 N–H and O–H groups in total. The highest BCUT2D eigenvalue weighted by Gasteiger charge is 2.33. The van der Waals surface area contributed by atoms with Gasteiger partial charge in [-0.1, -0.05) is 12.1 Å². The van der Waals surface area contributed by atoms with Crippen LogP contribution in [0.5, 0.6) is 0 Å². The van der Waals surface area contributed by atoms with Gasteiger partial charge in [-0.2, -0.15) is 0 Å². The van der Waals surface area contributed by atoms with E-state index in [1.807, 2.05) is 31.2 Å². The SMILES string of the molecule is COC1CC(n2c(C(C)Cl)nc3ccccc3c2=O)C1. The van der Waals surface area contributed by atoms with Crippen molar-refractivity contribution in [2.75, 3.05) is 7.11 Å². The number of fused-ring (bicyclic) bond motifs is 1. The van der Waals surface area contributed by atoms with Crippen molar-refractivity contribution in [3.8, 4) is 0 Å². The van der Waals surface area contributed by atoms with Crippen LogP contribution in [-0.2, 0) is 4.74 Å². The molecule has 1 fully saturated rings. The number of para-hydroxylation sites is 1. The van der Waals surface area contributed by atoms with Crippen LogP contribution in [0.25, 0.3) is 10.9 Å². The molecular formula is C15H17ClN2O2. The molecule has 1 atom stereocenters. The molecule has 0 spiro atoms. The van der Waals surface area contributed by atoms with Gasteiger partial charge in [-0.25, -0.2) is 4.98 Å². The van der Waals surface area contributed by atoms with Crippen molar-refractivity contribution in [1.29, 1.82) is 0 Å². The number of hydrogen-bond donors (Lipinski definition) is 0. The Morgan fingerprint density at radius 3 is 2.75 bits per heavy atom. The fraction of sp³-hybridized carbons (Fsp3) is 0.467. The van der Waals surface area contributed by atoms with Crippen molar-refractivity contribution in [2.24, 2.45) is 0 Å². The number of ether oxygens (including phenoxy) is 1. The van der Waals surface area contributed by atoms with E-state index in [0.29, 0.717) is 16.7 Å². The molecule has 0 amide bonds. The predicted octanol–water partition coefficient (Wildman–Crippen LogP) is 3.05. The molecule has 1 aromatic heterocycles. The van der Waals surface area contributed by atoms with Gasteiger partial charge in [0.25, 0.3) is 5.56 Å². The zero-order valence-corrected chi connectivity index (χ0v) is 12.3. The van der Waals surface area contributed by atoms with Gasteiger partial charge >= 0.3 is 0 Å². The third kappa shape index (κ3) is 2.13. The zero-order chi connectivity index (χ0) is 14.3. The summed E-state index contributed by atoms with van der Waals surface area (Å²) in [6.07, 6.45) is 1.91. The summed E-state index contributed by atoms with van der Waals surface area (Å²) >= 11 is 6.22. The summed E-state index contributed by atoms with van der Waals surface area (Å²) in [5, 5.41) is 0.350. The molecule has 3 rings (SSSR count). The van der Waals surface area contributed by atoms with Crippen LogP contribution in [-0.4, -0.2) is 22.8 Å². The van der Waals surface area contributed by atoms with Crippen LogP contribution < -0.4 is 5.56 Å². The Balaban J connectivity index is 2.16. The standard InChI is InChI=1S/C15H17ClN2O2/c1-9(16)14-17-13-6-4-3-5-12(13)15(19)18(14)10-7-11(8-10)20-2/h3-6,9-11H,7-8H2,1-2H3. The molecule has 2 aromatic rings. The van der Waals surface area contributed by atoms with Crippen LogP contribution in [0.15, 0.2) is 29.1 Å². The zero-order valence-electron chi connectivity index (χ0n) is 11.5. The Bertz CT molecular complexity index is 690. The number of hydrogen-bond acceptors (Lipinski definition) is 3. The second-order valence-corrected chi connectivity index (χ2v) is 5.92. The molecule has 1 aliphatic rings. The first kappa shape index (κ1) is 13.6. The van der Waals surface area contributed by atoms with E-state index in [1.165, 1.54) is 0 Å². The summed E-state index contributed by atoms with van der Waals surface area (Å²) in [5.74, 6) is 0.648. The summed E-state index contributed by atoms with van der Waals surface area (Å²) in [5.41, 5.74) is 0.705. The van der Waals surface area contributed by atoms with Crippen molar-refractivity contribution in [2.45, 2.75) is 37.3 Å². The second kappa shape index (κ2) is 5.19. The minimum Gasteiger partial charge on any atom is -0.381 e. The highest BCUT2D eigenvalue weighted by Crippen LogP contribution is 2.35. The number of alkyl halides is 1. The van der Waals surface area contributed by atoms with E-state index in [2.05, 4.69) is 4.98 Å². The lowest BCUT2D eigenvalue weighted by Gasteiger charge is -2.36. The van der Waals surface area contributed by atoms with Gasteiger partial charge in [0, 0.05) is 13.2 Å². The molecule has 0 aliphatic heterocycles. The quantitative estimate of drug-likeness (QED) is 0.817. The monoisotopic (exact) mass is 292 g/mol. The summed E-state index contributed by atoms with van der Waals surface area (Å²) < 4.78 is 7.06. The molecule has 106 valence electrons. The molecule has 4 nitrogen and oxygen atoms in total. The molecule has 0 saturated heterocycles. The molecule has 0 bridgehead atoms. The summed E-state index contributed by atoms with van der Waals surface area (Å²) in [6, 6.07) is 7.55. The van der Waals surface area contributed by atoms with E-state index in [4.69, 9.17) is 16.3 Å². The van der Waals surface area contributed by atoms with E-state index in [-0.39, 0.29) is 23.1 Å². The van der Waals surface area contributed by atoms with Crippen LogP contribution in [0.2, 0.25) is 0 Å². The fourth-order valence-electron chi connectivity index (χ4n) is 2.74. The second-order valence-electron chi connectivity index (χ2n) is 5.26. The minimum absolute atomic E-state index is 0.00217. The Hall–Kier alpha value is -1.39. The molecule has 1 saturated carbocycles. The van der Waals surface area contributed by atoms with Crippen LogP contribution in [0.1, 0.15) is 37.0 Å². The van der Waals surface area contributed by atoms with Crippen LogP contribution in [0.3, 0.4) is 0 Å². The van der Waals surface area contributed by atoms with Gasteiger partial charge < -0.3 is 4.74 Å². The average molecular weight is 293 g/mol. The van der Waals surface area contributed by atoms with Gasteiger partial charge in [-0.3, -0.25) is 9.36 Å². The van der Waals surface area contributed by atoms with Crippen LogP contribution in [0.4, 0.5) is 0 Å². The minimum atomic E-state index is -0.297. The van der Waals surface area contributed by atoms with Crippen molar-refractivity contribution < 1.29 is 4.74 Å². The van der Waals surface area contributed by atoms with Gasteiger partial charge in [0.2, 0.25) is 0 Å². The van der Waals surface area contributed by atoms with Crippen molar-refractivity contribution in [1.82, 2.24) is 9.55 Å². The fourth-order valence-corrected chi connectivity index (χ4v) is 2.89. The summed E-state index contributed by atoms with van der Waals surface area (Å²) in [7, 11) is 1.70. The Kier molecular flexibility index (Phi) is 3.52. The number of methoxy groups -OCH3 is 1. The number of benzene rings is 1. The van der Waals surface area contributed by atoms with Crippen molar-refractivity contribution in [3.63, 3.8) is 0 Å². The topological polar surface area (TPSA) is 44.1 Å². The van der Waals surface area contributed by atoms with E-state index in [1.54, 1.807) is 11.7 Å². The van der Waals surface area contributed by atoms with Crippen molar-refractivity contribution >= 4 is 22.5 Å². The molecule has 1 aromatic carbocycles. The molecule has 1 heterocycles. The third-order valence-corrected chi connectivity index (χ3v) is 4.15. The number of nitrogens with zero attached hydrogens (tertiary/aromatic N) is 2. The lowest BCUT2D eigenvalue weighted by atomic mass is 9.88. The average Bonchev–Trinajstić information content (AvgIpc) is 2.39. The first-order valence-corrected chi connectivity index (χ1v) is 7.23. The maximum Gasteiger partial charge on any atom is 0.261 e. The Labute approximate surface area is 122 Å². The van der Waals surface area contributed by atoms with Gasteiger partial charge in [0.05, 0.1) is 22.4 Å². The maximum atomic E-state index is 12.7. The Morgan fingerprint density at radius 1 is 1.40 bits per heavy atom. The summed E-state index contributed by atoms with van der Waals surface area (Å²) in [6.45, 7) is 1.85. The van der Waals surface area contributed by atoms with Gasteiger partial charge in [-0.15, -0.1) is 11.6 Å². The summed E-state index contributed by atoms with van der Waals surface area (Å²) in [4.78, 5) is 17.3. The molecule has 0 radical (unpaired) electrons. The van der Waals surface area contributed by atoms with Gasteiger partial charge in [-0.05, 0) is 31.9 Å². The van der Waals surface area contributed by atoms with Crippen LogP contribution >= 0.6 is 11.6 Å². The lowest BCUT2D eigenvalue weighted by molar-refractivity contribution is 0.00414. The van der Waals surface area contributed by atoms with Crippen molar-refractivity contribution in [3.05, 3.63) is 40.4 Å². The molecular weight excluding hydrogens is 276 g/mol. The van der Waals surface area contributed by atoms with Crippen LogP contribution in [0, 0.1) is 0 Å². The van der Waals surface area contributed by atoms with E-state index >= 15 is 0 Å². The number of aromatic nitrogens is 2. The normalized spacial score (nSPS) is 23.6. The van der Waals surface area contributed by atoms with E-state index in [0.717, 1.165) is 12.8 Å². The molecule has 1 unspecified atom stereocenters. The highest BCUT2D eigenvalue weighted by molar-refractivity contribution is 6.20. The van der Waals surface area contributed by atoms with Gasteiger partial charge in [0.15, 0.2) is 0 Å². The molecule has 1 aliphatic carbocycles. The third-order valence-electron chi connectivity index (χ3n) is 3.96. The Morgan fingerprint density at radius 2 is 2.10 bits per heavy atom.